The normalized spacial score (nSPS) is 21.0. The summed E-state index contributed by atoms with van der Waals surface area (Å²) in [5, 5.41) is 3.73. The number of rotatable bonds is 3. The number of nitrogens with one attached hydrogen (secondary N) is 1. The molecular weight excluding hydrogens is 315 g/mol. The van der Waals surface area contributed by atoms with Crippen molar-refractivity contribution >= 4 is 28.9 Å². The van der Waals surface area contributed by atoms with E-state index in [9.17, 15) is 8.78 Å². The smallest absolute Gasteiger partial charge is 0.126 e. The lowest BCUT2D eigenvalue weighted by atomic mass is 9.75. The van der Waals surface area contributed by atoms with Gasteiger partial charge < -0.3 is 5.32 Å². The van der Waals surface area contributed by atoms with Gasteiger partial charge >= 0.3 is 0 Å². The summed E-state index contributed by atoms with van der Waals surface area (Å²) in [7, 11) is 0. The highest BCUT2D eigenvalue weighted by molar-refractivity contribution is 6.39. The summed E-state index contributed by atoms with van der Waals surface area (Å²) in [6.07, 6.45) is 1.59. The third kappa shape index (κ3) is 2.99. The van der Waals surface area contributed by atoms with E-state index in [1.165, 1.54) is 18.2 Å². The van der Waals surface area contributed by atoms with E-state index in [0.717, 1.165) is 18.4 Å². The molecule has 0 atom stereocenters. The monoisotopic (exact) mass is 327 g/mol. The van der Waals surface area contributed by atoms with Gasteiger partial charge in [0.25, 0.3) is 0 Å². The van der Waals surface area contributed by atoms with E-state index in [1.807, 2.05) is 12.1 Å². The fourth-order valence-electron chi connectivity index (χ4n) is 2.68. The molecule has 0 amide bonds. The molecule has 0 saturated heterocycles. The molecule has 0 heterocycles. The summed E-state index contributed by atoms with van der Waals surface area (Å²) in [6, 6.07) is 9.43. The van der Waals surface area contributed by atoms with Gasteiger partial charge in [-0.15, -0.1) is 0 Å². The number of hydrogen-bond acceptors (Lipinski definition) is 1. The molecule has 21 heavy (non-hydrogen) atoms. The van der Waals surface area contributed by atoms with Crippen LogP contribution in [0.2, 0.25) is 10.0 Å². The minimum Gasteiger partial charge on any atom is -0.380 e. The quantitative estimate of drug-likeness (QED) is 0.770. The molecule has 110 valence electrons. The van der Waals surface area contributed by atoms with Crippen molar-refractivity contribution in [1.82, 2.24) is 0 Å². The maximum absolute atomic E-state index is 13.7. The van der Waals surface area contributed by atoms with Crippen LogP contribution in [0.4, 0.5) is 14.5 Å². The molecule has 1 aliphatic carbocycles. The molecule has 2 aromatic carbocycles. The molecule has 3 rings (SSSR count). The van der Waals surface area contributed by atoms with Crippen molar-refractivity contribution < 1.29 is 8.78 Å². The Bertz CT molecular complexity index is 646. The fraction of sp³-hybridized carbons (Fsp3) is 0.250. The third-order valence-electron chi connectivity index (χ3n) is 3.84. The van der Waals surface area contributed by atoms with Crippen LogP contribution in [0.15, 0.2) is 36.4 Å². The van der Waals surface area contributed by atoms with Gasteiger partial charge in [-0.1, -0.05) is 41.4 Å². The van der Waals surface area contributed by atoms with E-state index < -0.39 is 5.82 Å². The van der Waals surface area contributed by atoms with E-state index >= 15 is 0 Å². The summed E-state index contributed by atoms with van der Waals surface area (Å²) < 4.78 is 26.8. The Hall–Kier alpha value is -1.32. The maximum Gasteiger partial charge on any atom is 0.126 e. The zero-order valence-corrected chi connectivity index (χ0v) is 12.6. The predicted molar refractivity (Wildman–Crippen MR) is 82.2 cm³/mol. The highest BCUT2D eigenvalue weighted by Crippen LogP contribution is 2.41. The predicted octanol–water partition coefficient (Wildman–Crippen LogP) is 5.63. The van der Waals surface area contributed by atoms with Crippen LogP contribution in [0.3, 0.4) is 0 Å². The largest absolute Gasteiger partial charge is 0.380 e. The minimum atomic E-state index is -0.464. The Labute approximate surface area is 131 Å². The molecular formula is C16H13Cl2F2N. The van der Waals surface area contributed by atoms with Crippen molar-refractivity contribution in [3.8, 4) is 0 Å². The highest BCUT2D eigenvalue weighted by atomic mass is 35.5. The first-order valence-corrected chi connectivity index (χ1v) is 7.45. The van der Waals surface area contributed by atoms with Gasteiger partial charge in [0.1, 0.15) is 11.6 Å². The molecule has 1 aliphatic rings. The summed E-state index contributed by atoms with van der Waals surface area (Å²) in [5.74, 6) is -0.436. The van der Waals surface area contributed by atoms with Crippen molar-refractivity contribution in [3.05, 3.63) is 63.6 Å². The van der Waals surface area contributed by atoms with E-state index in [-0.39, 0.29) is 27.8 Å². The molecule has 1 nitrogen and oxygen atoms in total. The molecule has 5 heteroatoms. The first-order valence-electron chi connectivity index (χ1n) is 6.70. The summed E-state index contributed by atoms with van der Waals surface area (Å²) in [4.78, 5) is 0. The second-order valence-corrected chi connectivity index (χ2v) is 6.09. The molecule has 1 N–H and O–H groups in total. The molecule has 0 aliphatic heterocycles. The topological polar surface area (TPSA) is 12.0 Å². The first-order chi connectivity index (χ1) is 10.0. The second kappa shape index (κ2) is 5.82. The SMILES string of the molecule is Fc1cc(Cl)c(NC2CC(c3ccccc3F)C2)c(Cl)c1. The number of anilines is 1. The fourth-order valence-corrected chi connectivity index (χ4v) is 3.25. The standard InChI is InChI=1S/C16H13Cl2F2N/c17-13-7-10(19)8-14(18)16(13)21-11-5-9(6-11)12-3-1-2-4-15(12)20/h1-4,7-9,11,21H,5-6H2. The minimum absolute atomic E-state index is 0.162. The molecule has 0 radical (unpaired) electrons. The van der Waals surface area contributed by atoms with E-state index in [2.05, 4.69) is 5.32 Å². The van der Waals surface area contributed by atoms with Gasteiger partial charge in [0, 0.05) is 6.04 Å². The van der Waals surface area contributed by atoms with Gasteiger partial charge in [-0.05, 0) is 42.5 Å². The van der Waals surface area contributed by atoms with Crippen molar-refractivity contribution in [1.29, 1.82) is 0 Å². The van der Waals surface area contributed by atoms with Crippen LogP contribution in [-0.2, 0) is 0 Å². The van der Waals surface area contributed by atoms with Gasteiger partial charge in [-0.25, -0.2) is 8.78 Å². The third-order valence-corrected chi connectivity index (χ3v) is 4.43. The van der Waals surface area contributed by atoms with Crippen LogP contribution >= 0.6 is 23.2 Å². The van der Waals surface area contributed by atoms with Gasteiger partial charge in [0.15, 0.2) is 0 Å². The lowest BCUT2D eigenvalue weighted by Crippen LogP contribution is -2.34. The average Bonchev–Trinajstić information content (AvgIpc) is 2.37. The average molecular weight is 328 g/mol. The Morgan fingerprint density at radius 3 is 2.24 bits per heavy atom. The molecule has 0 aromatic heterocycles. The maximum atomic E-state index is 13.7. The first kappa shape index (κ1) is 14.6. The molecule has 1 fully saturated rings. The van der Waals surface area contributed by atoms with E-state index in [0.29, 0.717) is 5.69 Å². The number of benzene rings is 2. The van der Waals surface area contributed by atoms with Gasteiger partial charge in [-0.2, -0.15) is 0 Å². The molecule has 2 aromatic rings. The van der Waals surface area contributed by atoms with E-state index in [4.69, 9.17) is 23.2 Å². The van der Waals surface area contributed by atoms with Crippen LogP contribution in [0.25, 0.3) is 0 Å². The zero-order chi connectivity index (χ0) is 15.0. The molecule has 0 spiro atoms. The highest BCUT2D eigenvalue weighted by Gasteiger charge is 2.32. The number of hydrogen-bond donors (Lipinski definition) is 1. The Morgan fingerprint density at radius 1 is 1.00 bits per heavy atom. The molecule has 0 bridgehead atoms. The van der Waals surface area contributed by atoms with Crippen molar-refractivity contribution in [2.75, 3.05) is 5.32 Å². The van der Waals surface area contributed by atoms with Crippen LogP contribution in [0.5, 0.6) is 0 Å². The van der Waals surface area contributed by atoms with Gasteiger partial charge in [0.05, 0.1) is 15.7 Å². The van der Waals surface area contributed by atoms with Crippen molar-refractivity contribution in [2.45, 2.75) is 24.8 Å². The zero-order valence-electron chi connectivity index (χ0n) is 11.0. The Morgan fingerprint density at radius 2 is 1.62 bits per heavy atom. The summed E-state index contributed by atoms with van der Waals surface area (Å²) >= 11 is 12.0. The second-order valence-electron chi connectivity index (χ2n) is 5.28. The van der Waals surface area contributed by atoms with Crippen LogP contribution < -0.4 is 5.32 Å². The van der Waals surface area contributed by atoms with Gasteiger partial charge in [-0.3, -0.25) is 0 Å². The lowest BCUT2D eigenvalue weighted by Gasteiger charge is -2.37. The lowest BCUT2D eigenvalue weighted by molar-refractivity contribution is 0.363. The number of halogens is 4. The Balaban J connectivity index is 1.67. The van der Waals surface area contributed by atoms with Crippen LogP contribution in [0, 0.1) is 11.6 Å². The van der Waals surface area contributed by atoms with Gasteiger partial charge in [0.2, 0.25) is 0 Å². The Kier molecular flexibility index (Phi) is 4.05. The molecule has 1 saturated carbocycles. The van der Waals surface area contributed by atoms with Crippen LogP contribution in [-0.4, -0.2) is 6.04 Å². The van der Waals surface area contributed by atoms with Crippen molar-refractivity contribution in [2.24, 2.45) is 0 Å². The van der Waals surface area contributed by atoms with Crippen LogP contribution in [0.1, 0.15) is 24.3 Å². The summed E-state index contributed by atoms with van der Waals surface area (Å²) in [6.45, 7) is 0. The van der Waals surface area contributed by atoms with Crippen molar-refractivity contribution in [3.63, 3.8) is 0 Å². The van der Waals surface area contributed by atoms with E-state index in [1.54, 1.807) is 6.07 Å². The molecule has 0 unspecified atom stereocenters. The summed E-state index contributed by atoms with van der Waals surface area (Å²) in [5.41, 5.74) is 1.28.